The van der Waals surface area contributed by atoms with E-state index in [1.807, 2.05) is 24.3 Å². The molecule has 2 aromatic rings. The van der Waals surface area contributed by atoms with Gasteiger partial charge >= 0.3 is 0 Å². The summed E-state index contributed by atoms with van der Waals surface area (Å²) in [4.78, 5) is 16.9. The summed E-state index contributed by atoms with van der Waals surface area (Å²) in [6.07, 6.45) is 7.85. The normalized spacial score (nSPS) is 18.8. The summed E-state index contributed by atoms with van der Waals surface area (Å²) in [6.45, 7) is 0.646. The van der Waals surface area contributed by atoms with Gasteiger partial charge < -0.3 is 9.88 Å². The Balaban J connectivity index is 1.65. The highest BCUT2D eigenvalue weighted by Crippen LogP contribution is 2.34. The molecule has 0 radical (unpaired) electrons. The minimum absolute atomic E-state index is 0.0102. The van der Waals surface area contributed by atoms with Crippen LogP contribution in [0.1, 0.15) is 59.0 Å². The first-order valence-electron chi connectivity index (χ1n) is 10.2. The summed E-state index contributed by atoms with van der Waals surface area (Å²) in [5.41, 5.74) is 3.97. The van der Waals surface area contributed by atoms with E-state index in [-0.39, 0.29) is 23.3 Å². The van der Waals surface area contributed by atoms with Crippen molar-refractivity contribution in [2.24, 2.45) is 7.05 Å². The van der Waals surface area contributed by atoms with Crippen molar-refractivity contribution < 1.29 is 13.2 Å². The van der Waals surface area contributed by atoms with Gasteiger partial charge in [0.1, 0.15) is 6.07 Å². The number of nitrogens with zero attached hydrogens (tertiary/aromatic N) is 3. The Morgan fingerprint density at radius 1 is 1.29 bits per heavy atom. The SMILES string of the molecule is Cn1cc(C#N)nc1C(=O)Nc1ccc(C2CNS(=O)(=O)NC2)cc1C1=CCCCC1. The zero-order valence-corrected chi connectivity index (χ0v) is 18.0. The van der Waals surface area contributed by atoms with Gasteiger partial charge in [-0.2, -0.15) is 13.7 Å². The molecule has 0 unspecified atom stereocenters. The predicted octanol–water partition coefficient (Wildman–Crippen LogP) is 2.02. The van der Waals surface area contributed by atoms with Gasteiger partial charge in [0.15, 0.2) is 11.5 Å². The van der Waals surface area contributed by atoms with E-state index in [4.69, 9.17) is 5.26 Å². The van der Waals surface area contributed by atoms with E-state index in [9.17, 15) is 13.2 Å². The Hall–Kier alpha value is -3.00. The van der Waals surface area contributed by atoms with Gasteiger partial charge in [0.25, 0.3) is 16.1 Å². The number of aromatic nitrogens is 2. The third kappa shape index (κ3) is 4.69. The van der Waals surface area contributed by atoms with Crippen molar-refractivity contribution in [2.75, 3.05) is 18.4 Å². The number of hydrogen-bond donors (Lipinski definition) is 3. The van der Waals surface area contributed by atoms with Gasteiger partial charge in [0.05, 0.1) is 0 Å². The summed E-state index contributed by atoms with van der Waals surface area (Å²) in [5, 5.41) is 12.0. The van der Waals surface area contributed by atoms with Crippen molar-refractivity contribution in [1.29, 1.82) is 5.26 Å². The molecule has 1 aromatic heterocycles. The number of aryl methyl sites for hydroxylation is 1. The van der Waals surface area contributed by atoms with Crippen LogP contribution >= 0.6 is 0 Å². The Kier molecular flexibility index (Phi) is 5.91. The Bertz CT molecular complexity index is 1180. The van der Waals surface area contributed by atoms with Crippen LogP contribution in [0.2, 0.25) is 0 Å². The van der Waals surface area contributed by atoms with Crippen molar-refractivity contribution in [3.63, 3.8) is 0 Å². The number of carbonyl (C=O) groups excluding carboxylic acids is 1. The highest BCUT2D eigenvalue weighted by molar-refractivity contribution is 7.87. The van der Waals surface area contributed by atoms with Crippen molar-refractivity contribution in [1.82, 2.24) is 19.0 Å². The maximum absolute atomic E-state index is 12.8. The molecule has 4 rings (SSSR count). The summed E-state index contributed by atoms with van der Waals surface area (Å²) in [5.74, 6) is -0.236. The topological polar surface area (TPSA) is 129 Å². The number of amides is 1. The van der Waals surface area contributed by atoms with E-state index in [0.717, 1.165) is 36.8 Å². The molecule has 0 saturated carbocycles. The number of rotatable bonds is 4. The molecular weight excluding hydrogens is 416 g/mol. The molecule has 162 valence electrons. The number of anilines is 1. The largest absolute Gasteiger partial charge is 0.329 e. The number of carbonyl (C=O) groups is 1. The molecule has 2 aliphatic rings. The lowest BCUT2D eigenvalue weighted by Crippen LogP contribution is -2.47. The van der Waals surface area contributed by atoms with Gasteiger partial charge in [0, 0.05) is 43.5 Å². The first-order chi connectivity index (χ1) is 14.9. The van der Waals surface area contributed by atoms with Crippen LogP contribution in [-0.4, -0.2) is 37.0 Å². The number of nitriles is 1. The molecule has 1 aliphatic heterocycles. The predicted molar refractivity (Wildman–Crippen MR) is 116 cm³/mol. The number of nitrogens with one attached hydrogen (secondary N) is 3. The second-order valence-corrected chi connectivity index (χ2v) is 9.39. The molecule has 1 saturated heterocycles. The van der Waals surface area contributed by atoms with Gasteiger partial charge in [0.2, 0.25) is 0 Å². The molecule has 0 bridgehead atoms. The Morgan fingerprint density at radius 2 is 2.06 bits per heavy atom. The number of allylic oxidation sites excluding steroid dienone is 2. The molecule has 3 N–H and O–H groups in total. The average Bonchev–Trinajstić information content (AvgIpc) is 3.16. The number of hydrogen-bond acceptors (Lipinski definition) is 5. The van der Waals surface area contributed by atoms with Gasteiger partial charge in [-0.25, -0.2) is 14.4 Å². The molecule has 9 nitrogen and oxygen atoms in total. The van der Waals surface area contributed by atoms with Crippen LogP contribution in [0.15, 0.2) is 30.5 Å². The number of imidazole rings is 1. The molecule has 1 fully saturated rings. The Labute approximate surface area is 181 Å². The van der Waals surface area contributed by atoms with E-state index in [0.29, 0.717) is 18.8 Å². The standard InChI is InChI=1S/C21H24N6O3S/c1-27-13-17(10-22)25-20(27)21(28)26-19-8-7-15(16-11-23-31(29,30)24-12-16)9-18(19)14-5-3-2-4-6-14/h5,7-9,13,16,23-24H,2-4,6,11-12H2,1H3,(H,26,28). The van der Waals surface area contributed by atoms with Crippen molar-refractivity contribution in [3.05, 3.63) is 53.1 Å². The van der Waals surface area contributed by atoms with E-state index < -0.39 is 10.2 Å². The average molecular weight is 441 g/mol. The maximum Gasteiger partial charge on any atom is 0.291 e. The monoisotopic (exact) mass is 440 g/mol. The highest BCUT2D eigenvalue weighted by atomic mass is 32.2. The third-order valence-corrected chi connectivity index (χ3v) is 6.73. The van der Waals surface area contributed by atoms with Crippen molar-refractivity contribution in [3.8, 4) is 6.07 Å². The number of benzene rings is 1. The zero-order chi connectivity index (χ0) is 22.0. The van der Waals surface area contributed by atoms with Gasteiger partial charge in [-0.3, -0.25) is 4.79 Å². The van der Waals surface area contributed by atoms with Gasteiger partial charge in [-0.15, -0.1) is 0 Å². The van der Waals surface area contributed by atoms with Crippen LogP contribution in [0, 0.1) is 11.3 Å². The molecule has 1 aliphatic carbocycles. The van der Waals surface area contributed by atoms with Gasteiger partial charge in [-0.05, 0) is 49.0 Å². The third-order valence-electron chi connectivity index (χ3n) is 5.63. The van der Waals surface area contributed by atoms with E-state index in [1.54, 1.807) is 7.05 Å². The van der Waals surface area contributed by atoms with Gasteiger partial charge in [-0.1, -0.05) is 12.1 Å². The molecule has 31 heavy (non-hydrogen) atoms. The van der Waals surface area contributed by atoms with Crippen LogP contribution in [0.3, 0.4) is 0 Å². The fourth-order valence-electron chi connectivity index (χ4n) is 3.96. The summed E-state index contributed by atoms with van der Waals surface area (Å²) in [7, 11) is -1.74. The van der Waals surface area contributed by atoms with Crippen molar-refractivity contribution in [2.45, 2.75) is 31.6 Å². The van der Waals surface area contributed by atoms with E-state index in [1.165, 1.54) is 16.3 Å². The molecule has 0 atom stereocenters. The molecule has 1 aromatic carbocycles. The fraction of sp³-hybridized carbons (Fsp3) is 0.381. The second kappa shape index (κ2) is 8.63. The van der Waals surface area contributed by atoms with Crippen LogP contribution in [0.4, 0.5) is 5.69 Å². The summed E-state index contributed by atoms with van der Waals surface area (Å²) < 4.78 is 29.8. The molecule has 0 spiro atoms. The molecule has 2 heterocycles. The first kappa shape index (κ1) is 21.2. The van der Waals surface area contributed by atoms with Crippen LogP contribution in [0.25, 0.3) is 5.57 Å². The minimum atomic E-state index is -3.41. The maximum atomic E-state index is 12.8. The van der Waals surface area contributed by atoms with Crippen LogP contribution in [0.5, 0.6) is 0 Å². The van der Waals surface area contributed by atoms with E-state index >= 15 is 0 Å². The molecule has 1 amide bonds. The Morgan fingerprint density at radius 3 is 2.71 bits per heavy atom. The quantitative estimate of drug-likeness (QED) is 0.670. The second-order valence-electron chi connectivity index (χ2n) is 7.80. The van der Waals surface area contributed by atoms with Crippen LogP contribution < -0.4 is 14.8 Å². The summed E-state index contributed by atoms with van der Waals surface area (Å²) >= 11 is 0. The zero-order valence-electron chi connectivity index (χ0n) is 17.2. The molecular formula is C21H24N6O3S. The highest BCUT2D eigenvalue weighted by Gasteiger charge is 2.25. The summed E-state index contributed by atoms with van der Waals surface area (Å²) in [6, 6.07) is 7.75. The minimum Gasteiger partial charge on any atom is -0.329 e. The lowest BCUT2D eigenvalue weighted by atomic mass is 9.89. The first-order valence-corrected chi connectivity index (χ1v) is 11.7. The smallest absolute Gasteiger partial charge is 0.291 e. The van der Waals surface area contributed by atoms with E-state index in [2.05, 4.69) is 25.8 Å². The van der Waals surface area contributed by atoms with Crippen LogP contribution in [-0.2, 0) is 17.3 Å². The lowest BCUT2D eigenvalue weighted by molar-refractivity contribution is 0.101. The fourth-order valence-corrected chi connectivity index (χ4v) is 4.91. The molecule has 10 heteroatoms. The van der Waals surface area contributed by atoms with Crippen molar-refractivity contribution >= 4 is 27.4 Å². The lowest BCUT2D eigenvalue weighted by Gasteiger charge is -2.25.